The highest BCUT2D eigenvalue weighted by atomic mass is 79.9. The van der Waals surface area contributed by atoms with E-state index >= 15 is 0 Å². The maximum Gasteiger partial charge on any atom is 0.139 e. The van der Waals surface area contributed by atoms with Gasteiger partial charge in [0.2, 0.25) is 0 Å². The largest absolute Gasteiger partial charge is 0.497 e. The van der Waals surface area contributed by atoms with Crippen molar-refractivity contribution in [3.05, 3.63) is 34.6 Å². The van der Waals surface area contributed by atoms with Gasteiger partial charge in [-0.1, -0.05) is 22.9 Å². The van der Waals surface area contributed by atoms with Crippen LogP contribution in [0.5, 0.6) is 5.75 Å². The maximum atomic E-state index is 5.85. The summed E-state index contributed by atoms with van der Waals surface area (Å²) in [6, 6.07) is 5.73. The van der Waals surface area contributed by atoms with Crippen molar-refractivity contribution in [3.63, 3.8) is 0 Å². The van der Waals surface area contributed by atoms with Crippen molar-refractivity contribution in [2.24, 2.45) is 0 Å². The molecule has 19 heavy (non-hydrogen) atoms. The van der Waals surface area contributed by atoms with Crippen molar-refractivity contribution in [2.75, 3.05) is 18.2 Å². The Balaban J connectivity index is 2.36. The molecule has 0 atom stereocenters. The second-order valence-electron chi connectivity index (χ2n) is 3.94. The van der Waals surface area contributed by atoms with E-state index in [9.17, 15) is 0 Å². The summed E-state index contributed by atoms with van der Waals surface area (Å²) in [5.41, 5.74) is 7.62. The van der Waals surface area contributed by atoms with Crippen molar-refractivity contribution >= 4 is 33.3 Å². The summed E-state index contributed by atoms with van der Waals surface area (Å²) < 4.78 is 6.15. The lowest BCUT2D eigenvalue weighted by atomic mass is 10.2. The van der Waals surface area contributed by atoms with Crippen molar-refractivity contribution in [3.8, 4) is 5.75 Å². The number of hydrogen-bond acceptors (Lipinski definition) is 5. The molecule has 1 aromatic carbocycles. The molecule has 0 radical (unpaired) electrons. The van der Waals surface area contributed by atoms with Gasteiger partial charge in [0.05, 0.1) is 7.11 Å². The van der Waals surface area contributed by atoms with Crippen LogP contribution in [0.2, 0.25) is 0 Å². The third kappa shape index (κ3) is 3.14. The zero-order chi connectivity index (χ0) is 13.8. The fraction of sp³-hybridized carbons (Fsp3) is 0.231. The number of aromatic nitrogens is 2. The number of rotatable bonds is 4. The van der Waals surface area contributed by atoms with E-state index in [0.29, 0.717) is 5.82 Å². The maximum absolute atomic E-state index is 5.85. The van der Waals surface area contributed by atoms with Crippen LogP contribution in [-0.4, -0.2) is 17.1 Å². The lowest BCUT2D eigenvalue weighted by molar-refractivity contribution is 0.415. The molecule has 0 spiro atoms. The summed E-state index contributed by atoms with van der Waals surface area (Å²) >= 11 is 3.44. The van der Waals surface area contributed by atoms with Crippen molar-refractivity contribution in [2.45, 2.75) is 13.3 Å². The Morgan fingerprint density at radius 2 is 2.11 bits per heavy atom. The molecule has 0 bridgehead atoms. The third-order valence-electron chi connectivity index (χ3n) is 2.70. The first-order valence-electron chi connectivity index (χ1n) is 5.85. The van der Waals surface area contributed by atoms with Gasteiger partial charge in [0, 0.05) is 21.8 Å². The predicted molar refractivity (Wildman–Crippen MR) is 79.8 cm³/mol. The average Bonchev–Trinajstić information content (AvgIpc) is 2.38. The SMILES string of the molecule is CCc1c(N)ncnc1Nc1cc(Br)cc(OC)c1. The standard InChI is InChI=1S/C13H15BrN4O/c1-3-11-12(15)16-7-17-13(11)18-9-4-8(14)5-10(6-9)19-2/h4-7H,3H2,1-2H3,(H3,15,16,17,18). The van der Waals surface area contributed by atoms with E-state index in [1.54, 1.807) is 7.11 Å². The monoisotopic (exact) mass is 322 g/mol. The van der Waals surface area contributed by atoms with Crippen molar-refractivity contribution < 1.29 is 4.74 Å². The third-order valence-corrected chi connectivity index (χ3v) is 3.16. The highest BCUT2D eigenvalue weighted by molar-refractivity contribution is 9.10. The number of ether oxygens (including phenoxy) is 1. The van der Waals surface area contributed by atoms with Gasteiger partial charge in [-0.15, -0.1) is 0 Å². The highest BCUT2D eigenvalue weighted by Gasteiger charge is 2.08. The van der Waals surface area contributed by atoms with Crippen LogP contribution in [0.1, 0.15) is 12.5 Å². The second-order valence-corrected chi connectivity index (χ2v) is 4.86. The number of methoxy groups -OCH3 is 1. The highest BCUT2D eigenvalue weighted by Crippen LogP contribution is 2.28. The van der Waals surface area contributed by atoms with Crippen LogP contribution in [0.3, 0.4) is 0 Å². The molecular formula is C13H15BrN4O. The molecule has 3 N–H and O–H groups in total. The number of nitrogens with one attached hydrogen (secondary N) is 1. The number of benzene rings is 1. The number of nitrogens with two attached hydrogens (primary N) is 1. The minimum atomic E-state index is 0.502. The summed E-state index contributed by atoms with van der Waals surface area (Å²) in [6.45, 7) is 2.02. The molecule has 2 aromatic rings. The summed E-state index contributed by atoms with van der Waals surface area (Å²) in [4.78, 5) is 8.23. The Bertz CT molecular complexity index is 589. The minimum absolute atomic E-state index is 0.502. The van der Waals surface area contributed by atoms with Crippen LogP contribution < -0.4 is 15.8 Å². The van der Waals surface area contributed by atoms with E-state index in [-0.39, 0.29) is 0 Å². The molecule has 0 unspecified atom stereocenters. The summed E-state index contributed by atoms with van der Waals surface area (Å²) in [6.07, 6.45) is 2.21. The van der Waals surface area contributed by atoms with Crippen molar-refractivity contribution in [1.82, 2.24) is 9.97 Å². The van der Waals surface area contributed by atoms with Gasteiger partial charge in [-0.3, -0.25) is 0 Å². The second kappa shape index (κ2) is 5.88. The van der Waals surface area contributed by atoms with Gasteiger partial charge in [-0.2, -0.15) is 0 Å². The summed E-state index contributed by atoms with van der Waals surface area (Å²) in [7, 11) is 1.63. The number of nitrogen functional groups attached to an aromatic ring is 1. The molecule has 0 aliphatic carbocycles. The molecule has 0 amide bonds. The lowest BCUT2D eigenvalue weighted by Gasteiger charge is -2.12. The Morgan fingerprint density at radius 3 is 2.79 bits per heavy atom. The fourth-order valence-corrected chi connectivity index (χ4v) is 2.24. The first kappa shape index (κ1) is 13.6. The molecule has 0 aliphatic rings. The van der Waals surface area contributed by atoms with Crippen molar-refractivity contribution in [1.29, 1.82) is 0 Å². The topological polar surface area (TPSA) is 73.1 Å². The van der Waals surface area contributed by atoms with Crippen LogP contribution >= 0.6 is 15.9 Å². The predicted octanol–water partition coefficient (Wildman–Crippen LogP) is 3.14. The smallest absolute Gasteiger partial charge is 0.139 e. The van der Waals surface area contributed by atoms with Gasteiger partial charge in [0.15, 0.2) is 0 Å². The zero-order valence-corrected chi connectivity index (χ0v) is 12.4. The summed E-state index contributed by atoms with van der Waals surface area (Å²) in [5.74, 6) is 1.98. The van der Waals surface area contributed by atoms with Crippen LogP contribution in [0.15, 0.2) is 29.0 Å². The van der Waals surface area contributed by atoms with E-state index in [4.69, 9.17) is 10.5 Å². The zero-order valence-electron chi connectivity index (χ0n) is 10.8. The van der Waals surface area contributed by atoms with Gasteiger partial charge in [0.25, 0.3) is 0 Å². The quantitative estimate of drug-likeness (QED) is 0.904. The van der Waals surface area contributed by atoms with E-state index in [0.717, 1.165) is 33.7 Å². The van der Waals surface area contributed by atoms with E-state index < -0.39 is 0 Å². The number of nitrogens with zero attached hydrogens (tertiary/aromatic N) is 2. The number of anilines is 3. The first-order valence-corrected chi connectivity index (χ1v) is 6.64. The number of hydrogen-bond donors (Lipinski definition) is 2. The minimum Gasteiger partial charge on any atom is -0.497 e. The molecule has 1 aromatic heterocycles. The summed E-state index contributed by atoms with van der Waals surface area (Å²) in [5, 5.41) is 3.24. The molecule has 1 heterocycles. The normalized spacial score (nSPS) is 10.3. The molecule has 0 saturated carbocycles. The molecule has 0 fully saturated rings. The van der Waals surface area contributed by atoms with Crippen LogP contribution in [0, 0.1) is 0 Å². The Morgan fingerprint density at radius 1 is 1.32 bits per heavy atom. The van der Waals surface area contributed by atoms with E-state index in [1.807, 2.05) is 25.1 Å². The van der Waals surface area contributed by atoms with Gasteiger partial charge < -0.3 is 15.8 Å². The molecule has 2 rings (SSSR count). The van der Waals surface area contributed by atoms with Crippen LogP contribution in [0.25, 0.3) is 0 Å². The number of halogens is 1. The Labute approximate surface area is 120 Å². The molecule has 0 aliphatic heterocycles. The molecule has 0 saturated heterocycles. The van der Waals surface area contributed by atoms with Crippen LogP contribution in [-0.2, 0) is 6.42 Å². The first-order chi connectivity index (χ1) is 9.13. The molecule has 5 nitrogen and oxygen atoms in total. The lowest BCUT2D eigenvalue weighted by Crippen LogP contribution is -2.04. The van der Waals surface area contributed by atoms with Crippen LogP contribution in [0.4, 0.5) is 17.3 Å². The van der Waals surface area contributed by atoms with E-state index in [1.165, 1.54) is 6.33 Å². The van der Waals surface area contributed by atoms with Gasteiger partial charge in [-0.05, 0) is 18.6 Å². The molecule has 6 heteroatoms. The van der Waals surface area contributed by atoms with Gasteiger partial charge in [0.1, 0.15) is 23.7 Å². The molecular weight excluding hydrogens is 308 g/mol. The average molecular weight is 323 g/mol. The molecule has 100 valence electrons. The van der Waals surface area contributed by atoms with Gasteiger partial charge in [-0.25, -0.2) is 9.97 Å². The Hall–Kier alpha value is -1.82. The van der Waals surface area contributed by atoms with Gasteiger partial charge >= 0.3 is 0 Å². The Kier molecular flexibility index (Phi) is 4.21. The fourth-order valence-electron chi connectivity index (χ4n) is 1.77. The van der Waals surface area contributed by atoms with E-state index in [2.05, 4.69) is 31.2 Å².